The second kappa shape index (κ2) is 5.95. The number of amides is 1. The number of fused-ring (bicyclic) bond motifs is 2. The van der Waals surface area contributed by atoms with E-state index in [1.165, 1.54) is 0 Å². The molecule has 0 aromatic carbocycles. The predicted molar refractivity (Wildman–Crippen MR) is 88.2 cm³/mol. The number of carbonyl (C=O) groups is 1. The number of hydrogen-bond donors (Lipinski definition) is 1. The molecule has 2 aliphatic carbocycles. The highest BCUT2D eigenvalue weighted by Crippen LogP contribution is 2.43. The maximum absolute atomic E-state index is 12.4. The van der Waals surface area contributed by atoms with E-state index in [2.05, 4.69) is 27.4 Å². The minimum Gasteiger partial charge on any atom is -0.352 e. The Morgan fingerprint density at radius 2 is 2.17 bits per heavy atom. The van der Waals surface area contributed by atoms with Crippen molar-refractivity contribution in [2.45, 2.75) is 19.4 Å². The van der Waals surface area contributed by atoms with Crippen molar-refractivity contribution in [1.29, 1.82) is 0 Å². The first-order valence-electron chi connectivity index (χ1n) is 8.11. The maximum Gasteiger partial charge on any atom is 0.223 e. The highest BCUT2D eigenvalue weighted by Gasteiger charge is 2.39. The Labute approximate surface area is 135 Å². The number of pyridine rings is 2. The van der Waals surface area contributed by atoms with Crippen molar-refractivity contribution in [1.82, 2.24) is 15.3 Å². The van der Waals surface area contributed by atoms with Gasteiger partial charge in [0.2, 0.25) is 5.91 Å². The molecule has 116 valence electrons. The maximum atomic E-state index is 12.4. The van der Waals surface area contributed by atoms with Crippen LogP contribution in [0.5, 0.6) is 0 Å². The molecule has 0 radical (unpaired) electrons. The summed E-state index contributed by atoms with van der Waals surface area (Å²) >= 11 is 0. The molecule has 2 heterocycles. The predicted octanol–water partition coefficient (Wildman–Crippen LogP) is 2.97. The number of carbonyl (C=O) groups excluding carboxylic acids is 1. The molecule has 4 nitrogen and oxygen atoms in total. The Balaban J connectivity index is 1.41. The Hall–Kier alpha value is -2.49. The van der Waals surface area contributed by atoms with Gasteiger partial charge in [0, 0.05) is 36.6 Å². The molecule has 4 heteroatoms. The van der Waals surface area contributed by atoms with E-state index in [4.69, 9.17) is 0 Å². The number of hydrogen-bond acceptors (Lipinski definition) is 3. The Morgan fingerprint density at radius 3 is 2.91 bits per heavy atom. The molecule has 2 bridgehead atoms. The van der Waals surface area contributed by atoms with Gasteiger partial charge in [-0.05, 0) is 54.5 Å². The van der Waals surface area contributed by atoms with E-state index in [0.717, 1.165) is 29.7 Å². The lowest BCUT2D eigenvalue weighted by Gasteiger charge is -2.17. The van der Waals surface area contributed by atoms with Crippen molar-refractivity contribution in [2.24, 2.45) is 17.8 Å². The first-order valence-corrected chi connectivity index (χ1v) is 8.11. The van der Waals surface area contributed by atoms with Crippen molar-refractivity contribution in [2.75, 3.05) is 0 Å². The summed E-state index contributed by atoms with van der Waals surface area (Å²) in [6.45, 7) is 0.548. The minimum atomic E-state index is 0.157. The van der Waals surface area contributed by atoms with Crippen LogP contribution in [0.3, 0.4) is 0 Å². The Bertz CT molecular complexity index is 741. The summed E-state index contributed by atoms with van der Waals surface area (Å²) in [5, 5.41) is 3.09. The molecule has 1 N–H and O–H groups in total. The van der Waals surface area contributed by atoms with Crippen molar-refractivity contribution in [3.05, 3.63) is 60.6 Å². The van der Waals surface area contributed by atoms with E-state index in [9.17, 15) is 4.79 Å². The third-order valence-electron chi connectivity index (χ3n) is 4.86. The molecule has 2 aromatic rings. The summed E-state index contributed by atoms with van der Waals surface area (Å²) in [6, 6.07) is 7.84. The Morgan fingerprint density at radius 1 is 1.22 bits per heavy atom. The third kappa shape index (κ3) is 2.89. The summed E-state index contributed by atoms with van der Waals surface area (Å²) in [4.78, 5) is 20.9. The van der Waals surface area contributed by atoms with Crippen LogP contribution < -0.4 is 5.32 Å². The van der Waals surface area contributed by atoms with Gasteiger partial charge in [-0.2, -0.15) is 0 Å². The molecular formula is C19H19N3O. The first-order chi connectivity index (χ1) is 11.3. The fourth-order valence-electron chi connectivity index (χ4n) is 3.66. The molecule has 1 amide bonds. The summed E-state index contributed by atoms with van der Waals surface area (Å²) in [5.74, 6) is 1.41. The molecule has 2 aromatic heterocycles. The molecule has 1 fully saturated rings. The molecule has 4 rings (SSSR count). The van der Waals surface area contributed by atoms with Gasteiger partial charge in [0.15, 0.2) is 0 Å². The highest BCUT2D eigenvalue weighted by molar-refractivity contribution is 5.80. The number of rotatable bonds is 4. The zero-order chi connectivity index (χ0) is 15.6. The van der Waals surface area contributed by atoms with Gasteiger partial charge in [-0.3, -0.25) is 14.8 Å². The van der Waals surface area contributed by atoms with Gasteiger partial charge in [0.1, 0.15) is 0 Å². The monoisotopic (exact) mass is 305 g/mol. The number of nitrogens with zero attached hydrogens (tertiary/aromatic N) is 2. The normalized spacial score (nSPS) is 24.8. The van der Waals surface area contributed by atoms with Crippen LogP contribution in [0.15, 0.2) is 55.0 Å². The van der Waals surface area contributed by atoms with Crippen LogP contribution in [0.2, 0.25) is 0 Å². The van der Waals surface area contributed by atoms with Crippen molar-refractivity contribution in [3.63, 3.8) is 0 Å². The second-order valence-corrected chi connectivity index (χ2v) is 6.40. The number of nitrogens with one attached hydrogen (secondary N) is 1. The van der Waals surface area contributed by atoms with Crippen LogP contribution in [-0.4, -0.2) is 15.9 Å². The average Bonchev–Trinajstić information content (AvgIpc) is 3.24. The first kappa shape index (κ1) is 14.1. The van der Waals surface area contributed by atoms with Crippen molar-refractivity contribution < 1.29 is 4.79 Å². The van der Waals surface area contributed by atoms with Gasteiger partial charge in [-0.15, -0.1) is 0 Å². The molecular weight excluding hydrogens is 286 g/mol. The van der Waals surface area contributed by atoms with Gasteiger partial charge in [0.25, 0.3) is 0 Å². The van der Waals surface area contributed by atoms with Gasteiger partial charge >= 0.3 is 0 Å². The topological polar surface area (TPSA) is 54.9 Å². The van der Waals surface area contributed by atoms with E-state index in [-0.39, 0.29) is 11.8 Å². The lowest BCUT2D eigenvalue weighted by Crippen LogP contribution is -2.32. The summed E-state index contributed by atoms with van der Waals surface area (Å²) < 4.78 is 0. The van der Waals surface area contributed by atoms with E-state index < -0.39 is 0 Å². The molecule has 23 heavy (non-hydrogen) atoms. The van der Waals surface area contributed by atoms with Gasteiger partial charge in [-0.1, -0.05) is 12.2 Å². The van der Waals surface area contributed by atoms with Crippen molar-refractivity contribution >= 4 is 5.91 Å². The van der Waals surface area contributed by atoms with Crippen LogP contribution in [0.4, 0.5) is 0 Å². The fourth-order valence-corrected chi connectivity index (χ4v) is 3.66. The summed E-state index contributed by atoms with van der Waals surface area (Å²) in [6.07, 6.45) is 12.0. The number of allylic oxidation sites excluding steroid dienone is 2. The largest absolute Gasteiger partial charge is 0.352 e. The lowest BCUT2D eigenvalue weighted by atomic mass is 9.93. The summed E-state index contributed by atoms with van der Waals surface area (Å²) in [5.41, 5.74) is 2.93. The smallest absolute Gasteiger partial charge is 0.223 e. The van der Waals surface area contributed by atoms with E-state index in [0.29, 0.717) is 18.4 Å². The van der Waals surface area contributed by atoms with Crippen LogP contribution in [0.1, 0.15) is 18.4 Å². The van der Waals surface area contributed by atoms with Gasteiger partial charge < -0.3 is 5.32 Å². The van der Waals surface area contributed by atoms with E-state index in [1.807, 2.05) is 24.3 Å². The minimum absolute atomic E-state index is 0.157. The molecule has 3 unspecified atom stereocenters. The standard InChI is InChI=1S/C19H19N3O/c23-19(17-9-13-3-4-15(17)8-13)22-11-14-5-7-21-18(10-14)16-2-1-6-20-12-16/h1-7,10,12-13,15,17H,8-9,11H2,(H,22,23). The molecule has 0 saturated heterocycles. The molecule has 0 spiro atoms. The fraction of sp³-hybridized carbons (Fsp3) is 0.316. The molecule has 3 atom stereocenters. The quantitative estimate of drug-likeness (QED) is 0.884. The van der Waals surface area contributed by atoms with E-state index in [1.54, 1.807) is 18.6 Å². The molecule has 1 saturated carbocycles. The summed E-state index contributed by atoms with van der Waals surface area (Å²) in [7, 11) is 0. The van der Waals surface area contributed by atoms with Crippen molar-refractivity contribution in [3.8, 4) is 11.3 Å². The lowest BCUT2D eigenvalue weighted by molar-refractivity contribution is -0.125. The van der Waals surface area contributed by atoms with Crippen LogP contribution in [0.25, 0.3) is 11.3 Å². The van der Waals surface area contributed by atoms with E-state index >= 15 is 0 Å². The van der Waals surface area contributed by atoms with Crippen LogP contribution in [-0.2, 0) is 11.3 Å². The van der Waals surface area contributed by atoms with Gasteiger partial charge in [0.05, 0.1) is 5.69 Å². The Kier molecular flexibility index (Phi) is 3.66. The zero-order valence-electron chi connectivity index (χ0n) is 12.9. The molecule has 0 aliphatic heterocycles. The molecule has 2 aliphatic rings. The number of aromatic nitrogens is 2. The third-order valence-corrected chi connectivity index (χ3v) is 4.86. The van der Waals surface area contributed by atoms with Crippen LogP contribution >= 0.6 is 0 Å². The highest BCUT2D eigenvalue weighted by atomic mass is 16.1. The van der Waals surface area contributed by atoms with Gasteiger partial charge in [-0.25, -0.2) is 0 Å². The van der Waals surface area contributed by atoms with Crippen LogP contribution in [0, 0.1) is 17.8 Å². The average molecular weight is 305 g/mol. The SMILES string of the molecule is O=C(NCc1ccnc(-c2cccnc2)c1)C1CC2C=CC1C2. The second-order valence-electron chi connectivity index (χ2n) is 6.40. The zero-order valence-corrected chi connectivity index (χ0v) is 12.9.